The number of hydrogen-bond donors (Lipinski definition) is 1. The second-order valence-corrected chi connectivity index (χ2v) is 9.79. The Morgan fingerprint density at radius 3 is 2.72 bits per heavy atom. The number of nitrogens with one attached hydrogen (secondary N) is 1. The van der Waals surface area contributed by atoms with E-state index in [9.17, 15) is 26.4 Å². The number of sulfonamides is 1. The Kier molecular flexibility index (Phi) is 5.76. The third-order valence-electron chi connectivity index (χ3n) is 5.63. The first-order valence-electron chi connectivity index (χ1n) is 9.94. The van der Waals surface area contributed by atoms with Crippen molar-refractivity contribution in [3.05, 3.63) is 64.7 Å². The highest BCUT2D eigenvalue weighted by atomic mass is 32.2. The summed E-state index contributed by atoms with van der Waals surface area (Å²) < 4.78 is 70.1. The van der Waals surface area contributed by atoms with E-state index in [1.165, 1.54) is 23.5 Å². The lowest BCUT2D eigenvalue weighted by molar-refractivity contribution is -0.137. The second kappa shape index (κ2) is 8.25. The summed E-state index contributed by atoms with van der Waals surface area (Å²) >= 11 is 0. The largest absolute Gasteiger partial charge is 0.416 e. The molecule has 6 nitrogen and oxygen atoms in total. The zero-order chi connectivity index (χ0) is 23.1. The predicted molar refractivity (Wildman–Crippen MR) is 115 cm³/mol. The van der Waals surface area contributed by atoms with E-state index in [0.29, 0.717) is 34.5 Å². The van der Waals surface area contributed by atoms with Gasteiger partial charge in [0.2, 0.25) is 15.9 Å². The van der Waals surface area contributed by atoms with Crippen LogP contribution in [0.2, 0.25) is 0 Å². The van der Waals surface area contributed by atoms with Gasteiger partial charge in [0.15, 0.2) is 0 Å². The van der Waals surface area contributed by atoms with Crippen LogP contribution in [0, 0.1) is 0 Å². The number of rotatable bonds is 2. The monoisotopic (exact) mass is 466 g/mol. The number of halogens is 3. The highest BCUT2D eigenvalue weighted by molar-refractivity contribution is 7.92. The molecule has 2 aromatic carbocycles. The maximum Gasteiger partial charge on any atom is 0.416 e. The summed E-state index contributed by atoms with van der Waals surface area (Å²) in [7, 11) is -1.91. The molecule has 0 aliphatic carbocycles. The fourth-order valence-electron chi connectivity index (χ4n) is 3.95. The fourth-order valence-corrected chi connectivity index (χ4v) is 5.15. The van der Waals surface area contributed by atoms with Crippen molar-refractivity contribution in [3.8, 4) is 0 Å². The first kappa shape index (κ1) is 22.3. The smallest absolute Gasteiger partial charge is 0.376 e. The number of fused-ring (bicyclic) bond motifs is 2. The topological polar surface area (TPSA) is 75.7 Å². The summed E-state index contributed by atoms with van der Waals surface area (Å²) in [4.78, 5) is 12.8. The molecule has 1 amide bonds. The van der Waals surface area contributed by atoms with Gasteiger partial charge in [0, 0.05) is 24.4 Å². The van der Waals surface area contributed by atoms with E-state index >= 15 is 0 Å². The van der Waals surface area contributed by atoms with Crippen molar-refractivity contribution in [1.82, 2.24) is 0 Å². The molecule has 4 rings (SSSR count). The van der Waals surface area contributed by atoms with E-state index in [2.05, 4.69) is 5.32 Å². The number of benzene rings is 2. The Morgan fingerprint density at radius 1 is 1.19 bits per heavy atom. The molecule has 0 aromatic heterocycles. The molecule has 2 aliphatic rings. The summed E-state index contributed by atoms with van der Waals surface area (Å²) in [5.74, 6) is -0.506. The van der Waals surface area contributed by atoms with E-state index in [1.807, 2.05) is 0 Å². The van der Waals surface area contributed by atoms with Crippen LogP contribution < -0.4 is 9.62 Å². The average molecular weight is 466 g/mol. The number of carbonyl (C=O) groups is 1. The van der Waals surface area contributed by atoms with Gasteiger partial charge < -0.3 is 10.1 Å². The van der Waals surface area contributed by atoms with Crippen molar-refractivity contribution >= 4 is 32.9 Å². The van der Waals surface area contributed by atoms with Crippen LogP contribution in [0.5, 0.6) is 0 Å². The summed E-state index contributed by atoms with van der Waals surface area (Å²) in [6.45, 7) is 0.309. The van der Waals surface area contributed by atoms with Gasteiger partial charge in [-0.15, -0.1) is 0 Å². The second-order valence-electron chi connectivity index (χ2n) is 7.67. The van der Waals surface area contributed by atoms with Gasteiger partial charge in [-0.25, -0.2) is 8.42 Å². The van der Waals surface area contributed by atoms with Crippen LogP contribution in [-0.4, -0.2) is 33.7 Å². The van der Waals surface area contributed by atoms with E-state index in [0.717, 1.165) is 17.7 Å². The molecule has 32 heavy (non-hydrogen) atoms. The van der Waals surface area contributed by atoms with Gasteiger partial charge in [-0.3, -0.25) is 9.10 Å². The Labute approximate surface area is 183 Å². The molecule has 0 atom stereocenters. The number of ether oxygens (including phenoxy) is 1. The minimum atomic E-state index is -4.46. The first-order valence-corrected chi connectivity index (χ1v) is 11.6. The van der Waals surface area contributed by atoms with Crippen LogP contribution in [-0.2, 0) is 38.8 Å². The summed E-state index contributed by atoms with van der Waals surface area (Å²) in [6, 6.07) is 8.45. The SMILES string of the molecule is CN1c2cccc(NC(=O)C=C3CCOCc4cc(C(F)(F)F)ccc43)c2CCS1(=O)=O. The fraction of sp³-hybridized carbons (Fsp3) is 0.318. The molecule has 170 valence electrons. The van der Waals surface area contributed by atoms with Crippen LogP contribution in [0.15, 0.2) is 42.5 Å². The number of hydrogen-bond acceptors (Lipinski definition) is 4. The molecule has 2 aliphatic heterocycles. The van der Waals surface area contributed by atoms with Crippen molar-refractivity contribution in [1.29, 1.82) is 0 Å². The number of anilines is 2. The van der Waals surface area contributed by atoms with Crippen molar-refractivity contribution < 1.29 is 31.1 Å². The van der Waals surface area contributed by atoms with E-state index in [-0.39, 0.29) is 25.4 Å². The maximum absolute atomic E-state index is 13.1. The highest BCUT2D eigenvalue weighted by Crippen LogP contribution is 2.35. The van der Waals surface area contributed by atoms with Gasteiger partial charge in [-0.2, -0.15) is 13.2 Å². The number of amides is 1. The minimum absolute atomic E-state index is 0.0330. The van der Waals surface area contributed by atoms with E-state index in [1.54, 1.807) is 18.2 Å². The lowest BCUT2D eigenvalue weighted by atomic mass is 9.96. The molecular weight excluding hydrogens is 445 g/mol. The van der Waals surface area contributed by atoms with Gasteiger partial charge in [0.25, 0.3) is 0 Å². The van der Waals surface area contributed by atoms with Gasteiger partial charge in [0.1, 0.15) is 0 Å². The lowest BCUT2D eigenvalue weighted by Crippen LogP contribution is -2.34. The number of nitrogens with zero attached hydrogens (tertiary/aromatic N) is 1. The molecule has 2 heterocycles. The van der Waals surface area contributed by atoms with Gasteiger partial charge in [-0.05, 0) is 53.8 Å². The molecule has 0 unspecified atom stereocenters. The van der Waals surface area contributed by atoms with Crippen LogP contribution in [0.25, 0.3) is 5.57 Å². The van der Waals surface area contributed by atoms with Crippen LogP contribution in [0.1, 0.15) is 28.7 Å². The third kappa shape index (κ3) is 4.37. The molecule has 0 bridgehead atoms. The van der Waals surface area contributed by atoms with Crippen LogP contribution in [0.3, 0.4) is 0 Å². The Balaban J connectivity index is 1.63. The molecule has 1 N–H and O–H groups in total. The summed E-state index contributed by atoms with van der Waals surface area (Å²) in [5, 5.41) is 2.79. The normalized spacial score (nSPS) is 19.1. The molecule has 0 radical (unpaired) electrons. The molecular formula is C22H21F3N2O4S. The quantitative estimate of drug-likeness (QED) is 0.680. The maximum atomic E-state index is 13.1. The zero-order valence-electron chi connectivity index (χ0n) is 17.2. The van der Waals surface area contributed by atoms with E-state index in [4.69, 9.17) is 4.74 Å². The van der Waals surface area contributed by atoms with Crippen molar-refractivity contribution in [2.24, 2.45) is 0 Å². The highest BCUT2D eigenvalue weighted by Gasteiger charge is 2.32. The third-order valence-corrected chi connectivity index (χ3v) is 7.38. The van der Waals surface area contributed by atoms with E-state index < -0.39 is 27.7 Å². The van der Waals surface area contributed by atoms with Crippen LogP contribution >= 0.6 is 0 Å². The molecule has 0 spiro atoms. The molecule has 10 heteroatoms. The molecule has 0 fully saturated rings. The summed E-state index contributed by atoms with van der Waals surface area (Å²) in [6.07, 6.45) is -2.45. The number of carbonyl (C=O) groups excluding carboxylic acids is 1. The van der Waals surface area contributed by atoms with Crippen molar-refractivity contribution in [3.63, 3.8) is 0 Å². The average Bonchev–Trinajstić information content (AvgIpc) is 2.92. The standard InChI is InChI=1S/C22H21F3N2O4S/c1-27-20-4-2-3-19(18(20)8-10-32(27,29)30)26-21(28)12-14-7-9-31-13-15-11-16(22(23,24)25)5-6-17(14)15/h2-6,11-12H,7-10,13H2,1H3,(H,26,28). The van der Waals surface area contributed by atoms with Gasteiger partial charge >= 0.3 is 6.18 Å². The van der Waals surface area contributed by atoms with Crippen molar-refractivity contribution in [2.45, 2.75) is 25.6 Å². The number of alkyl halides is 3. The molecule has 2 aromatic rings. The van der Waals surface area contributed by atoms with Crippen molar-refractivity contribution in [2.75, 3.05) is 29.0 Å². The Morgan fingerprint density at radius 2 is 1.97 bits per heavy atom. The lowest BCUT2D eigenvalue weighted by Gasteiger charge is -2.28. The molecule has 0 saturated heterocycles. The Hall–Kier alpha value is -2.85. The minimum Gasteiger partial charge on any atom is -0.376 e. The predicted octanol–water partition coefficient (Wildman–Crippen LogP) is 3.97. The first-order chi connectivity index (χ1) is 15.1. The zero-order valence-corrected chi connectivity index (χ0v) is 18.0. The molecule has 0 saturated carbocycles. The Bertz CT molecular complexity index is 1210. The van der Waals surface area contributed by atoms with Gasteiger partial charge in [0.05, 0.1) is 30.2 Å². The van der Waals surface area contributed by atoms with Crippen LogP contribution in [0.4, 0.5) is 24.5 Å². The summed E-state index contributed by atoms with van der Waals surface area (Å²) in [5.41, 5.74) is 2.47. The van der Waals surface area contributed by atoms with Gasteiger partial charge in [-0.1, -0.05) is 12.1 Å².